The zero-order chi connectivity index (χ0) is 12.7. The van der Waals surface area contributed by atoms with Crippen LogP contribution in [-0.4, -0.2) is 9.97 Å². The molecule has 1 aromatic carbocycles. The molecule has 0 aliphatic heterocycles. The van der Waals surface area contributed by atoms with Gasteiger partial charge in [-0.3, -0.25) is 4.79 Å². The van der Waals surface area contributed by atoms with Gasteiger partial charge in [-0.1, -0.05) is 6.07 Å². The van der Waals surface area contributed by atoms with Gasteiger partial charge < -0.3 is 4.98 Å². The molecule has 0 atom stereocenters. The Morgan fingerprint density at radius 1 is 1.33 bits per heavy atom. The zero-order valence-corrected chi connectivity index (χ0v) is 10.3. The molecule has 1 N–H and O–H groups in total. The van der Waals surface area contributed by atoms with Crippen LogP contribution in [0.1, 0.15) is 5.56 Å². The zero-order valence-electron chi connectivity index (χ0n) is 9.53. The largest absolute Gasteiger partial charge is 0.312 e. The fraction of sp³-hybridized carbons (Fsp3) is 0.0769. The van der Waals surface area contributed by atoms with Gasteiger partial charge in [-0.05, 0) is 36.2 Å². The third-order valence-corrected chi connectivity index (χ3v) is 3.94. The van der Waals surface area contributed by atoms with E-state index in [9.17, 15) is 9.18 Å². The van der Waals surface area contributed by atoms with E-state index in [-0.39, 0.29) is 11.4 Å². The van der Waals surface area contributed by atoms with Crippen molar-refractivity contribution < 1.29 is 4.39 Å². The van der Waals surface area contributed by atoms with E-state index in [0.717, 1.165) is 16.0 Å². The molecule has 0 aliphatic carbocycles. The molecule has 0 saturated heterocycles. The maximum absolute atomic E-state index is 13.3. The van der Waals surface area contributed by atoms with Crippen LogP contribution in [0, 0.1) is 12.7 Å². The smallest absolute Gasteiger partial charge is 0.268 e. The summed E-state index contributed by atoms with van der Waals surface area (Å²) in [5.74, 6) is -0.282. The van der Waals surface area contributed by atoms with E-state index in [2.05, 4.69) is 9.97 Å². The molecule has 2 aromatic heterocycles. The molecule has 18 heavy (non-hydrogen) atoms. The minimum atomic E-state index is -0.282. The van der Waals surface area contributed by atoms with Crippen LogP contribution in [0.25, 0.3) is 20.7 Å². The molecule has 0 aliphatic rings. The first-order valence-electron chi connectivity index (χ1n) is 5.39. The Labute approximate surface area is 106 Å². The normalized spacial score (nSPS) is 11.0. The maximum atomic E-state index is 13.3. The summed E-state index contributed by atoms with van der Waals surface area (Å²) in [5, 5.41) is 0. The summed E-state index contributed by atoms with van der Waals surface area (Å²) in [5.41, 5.74) is 2.25. The number of hydrogen-bond donors (Lipinski definition) is 1. The number of fused-ring (bicyclic) bond motifs is 1. The van der Waals surface area contributed by atoms with E-state index in [1.54, 1.807) is 6.07 Å². The lowest BCUT2D eigenvalue weighted by Crippen LogP contribution is -2.02. The number of rotatable bonds is 1. The molecule has 0 radical (unpaired) electrons. The average Bonchev–Trinajstić information content (AvgIpc) is 2.77. The summed E-state index contributed by atoms with van der Waals surface area (Å²) >= 11 is 1.33. The molecule has 2 heterocycles. The highest BCUT2D eigenvalue weighted by molar-refractivity contribution is 7.22. The van der Waals surface area contributed by atoms with E-state index in [4.69, 9.17) is 0 Å². The van der Waals surface area contributed by atoms with Gasteiger partial charge >= 0.3 is 0 Å². The fourth-order valence-corrected chi connectivity index (χ4v) is 2.95. The van der Waals surface area contributed by atoms with Crippen molar-refractivity contribution in [1.82, 2.24) is 9.97 Å². The van der Waals surface area contributed by atoms with Crippen molar-refractivity contribution in [3.8, 4) is 10.4 Å². The Morgan fingerprint density at radius 2 is 2.17 bits per heavy atom. The van der Waals surface area contributed by atoms with Gasteiger partial charge in [-0.15, -0.1) is 11.3 Å². The highest BCUT2D eigenvalue weighted by Crippen LogP contribution is 2.32. The second-order valence-electron chi connectivity index (χ2n) is 4.02. The highest BCUT2D eigenvalue weighted by atomic mass is 32.1. The number of thiophene rings is 1. The predicted octanol–water partition coefficient (Wildman–Crippen LogP) is 3.10. The van der Waals surface area contributed by atoms with E-state index < -0.39 is 0 Å². The van der Waals surface area contributed by atoms with E-state index >= 15 is 0 Å². The lowest BCUT2D eigenvalue weighted by Gasteiger charge is -2.02. The third-order valence-electron chi connectivity index (χ3n) is 2.78. The lowest BCUT2D eigenvalue weighted by atomic mass is 10.1. The highest BCUT2D eigenvalue weighted by Gasteiger charge is 2.10. The van der Waals surface area contributed by atoms with Crippen LogP contribution >= 0.6 is 11.3 Å². The fourth-order valence-electron chi connectivity index (χ4n) is 1.86. The van der Waals surface area contributed by atoms with Crippen LogP contribution in [0.3, 0.4) is 0 Å². The van der Waals surface area contributed by atoms with Gasteiger partial charge in [0.1, 0.15) is 10.5 Å². The molecule has 5 heteroatoms. The molecule has 3 aromatic rings. The van der Waals surface area contributed by atoms with E-state index in [1.807, 2.05) is 13.0 Å². The number of nitrogens with zero attached hydrogens (tertiary/aromatic N) is 1. The molecule has 0 amide bonds. The van der Waals surface area contributed by atoms with Crippen LogP contribution in [0.15, 0.2) is 35.4 Å². The molecule has 0 unspecified atom stereocenters. The molecule has 90 valence electrons. The van der Waals surface area contributed by atoms with Crippen molar-refractivity contribution in [1.29, 1.82) is 0 Å². The van der Waals surface area contributed by atoms with Crippen LogP contribution in [0.2, 0.25) is 0 Å². The first-order chi connectivity index (χ1) is 8.65. The summed E-state index contributed by atoms with van der Waals surface area (Å²) in [6, 6.07) is 6.45. The van der Waals surface area contributed by atoms with Crippen LogP contribution in [0.5, 0.6) is 0 Å². The van der Waals surface area contributed by atoms with Crippen molar-refractivity contribution >= 4 is 21.6 Å². The summed E-state index contributed by atoms with van der Waals surface area (Å²) in [6.07, 6.45) is 1.37. The Hall–Kier alpha value is -2.01. The molecule has 3 nitrogen and oxygen atoms in total. The van der Waals surface area contributed by atoms with Gasteiger partial charge in [-0.25, -0.2) is 9.37 Å². The van der Waals surface area contributed by atoms with Gasteiger partial charge in [0.05, 0.1) is 11.8 Å². The van der Waals surface area contributed by atoms with Crippen LogP contribution < -0.4 is 5.56 Å². The molecular weight excluding hydrogens is 251 g/mol. The molecule has 0 spiro atoms. The van der Waals surface area contributed by atoms with Gasteiger partial charge in [0, 0.05) is 4.88 Å². The van der Waals surface area contributed by atoms with E-state index in [0.29, 0.717) is 10.2 Å². The Morgan fingerprint density at radius 3 is 2.94 bits per heavy atom. The standard InChI is InChI=1S/C13H9FN2OS/c1-7-2-3-8(14)4-9(7)11-5-10-12(18-11)13(17)16-6-15-10/h2-6H,1H3,(H,15,16,17). The number of aryl methyl sites for hydroxylation is 1. The third kappa shape index (κ3) is 1.73. The second kappa shape index (κ2) is 4.03. The van der Waals surface area contributed by atoms with Gasteiger partial charge in [-0.2, -0.15) is 0 Å². The number of benzene rings is 1. The Bertz CT molecular complexity index is 791. The number of H-pyrrole nitrogens is 1. The predicted molar refractivity (Wildman–Crippen MR) is 70.4 cm³/mol. The minimum Gasteiger partial charge on any atom is -0.312 e. The molecule has 0 fully saturated rings. The minimum absolute atomic E-state index is 0.162. The lowest BCUT2D eigenvalue weighted by molar-refractivity contribution is 0.628. The summed E-state index contributed by atoms with van der Waals surface area (Å²) in [4.78, 5) is 19.1. The molecule has 3 rings (SSSR count). The van der Waals surface area contributed by atoms with Crippen molar-refractivity contribution in [2.45, 2.75) is 6.92 Å². The Balaban J connectivity index is 2.29. The van der Waals surface area contributed by atoms with Crippen molar-refractivity contribution in [2.24, 2.45) is 0 Å². The summed E-state index contributed by atoms with van der Waals surface area (Å²) in [6.45, 7) is 1.91. The number of halogens is 1. The summed E-state index contributed by atoms with van der Waals surface area (Å²) in [7, 11) is 0. The van der Waals surface area contributed by atoms with Gasteiger partial charge in [0.15, 0.2) is 0 Å². The van der Waals surface area contributed by atoms with Gasteiger partial charge in [0.2, 0.25) is 0 Å². The molecule has 0 bridgehead atoms. The maximum Gasteiger partial charge on any atom is 0.268 e. The molecule has 0 saturated carbocycles. The van der Waals surface area contributed by atoms with E-state index in [1.165, 1.54) is 29.8 Å². The monoisotopic (exact) mass is 260 g/mol. The number of nitrogens with one attached hydrogen (secondary N) is 1. The van der Waals surface area contributed by atoms with Crippen molar-refractivity contribution in [2.75, 3.05) is 0 Å². The van der Waals surface area contributed by atoms with Crippen molar-refractivity contribution in [3.05, 3.63) is 52.3 Å². The van der Waals surface area contributed by atoms with Crippen LogP contribution in [0.4, 0.5) is 4.39 Å². The van der Waals surface area contributed by atoms with Crippen LogP contribution in [-0.2, 0) is 0 Å². The quantitative estimate of drug-likeness (QED) is 0.730. The SMILES string of the molecule is Cc1ccc(F)cc1-c1cc2nc[nH]c(=O)c2s1. The van der Waals surface area contributed by atoms with Gasteiger partial charge in [0.25, 0.3) is 5.56 Å². The summed E-state index contributed by atoms with van der Waals surface area (Å²) < 4.78 is 13.9. The first-order valence-corrected chi connectivity index (χ1v) is 6.20. The molecular formula is C13H9FN2OS. The topological polar surface area (TPSA) is 45.8 Å². The van der Waals surface area contributed by atoms with Crippen molar-refractivity contribution in [3.63, 3.8) is 0 Å². The second-order valence-corrected chi connectivity index (χ2v) is 5.07. The number of aromatic nitrogens is 2. The number of aromatic amines is 1. The Kier molecular flexibility index (Phi) is 2.48. The average molecular weight is 260 g/mol. The number of hydrogen-bond acceptors (Lipinski definition) is 3. The first kappa shape index (κ1) is 11.1.